The van der Waals surface area contributed by atoms with E-state index in [0.717, 1.165) is 21.9 Å². The number of amides is 1. The summed E-state index contributed by atoms with van der Waals surface area (Å²) in [6.07, 6.45) is 0. The number of thiazole rings is 1. The number of hydrogen-bond donors (Lipinski definition) is 2. The summed E-state index contributed by atoms with van der Waals surface area (Å²) in [5.74, 6) is 0.222. The van der Waals surface area contributed by atoms with Crippen molar-refractivity contribution >= 4 is 54.2 Å². The van der Waals surface area contributed by atoms with Crippen molar-refractivity contribution in [3.63, 3.8) is 0 Å². The van der Waals surface area contributed by atoms with Crippen molar-refractivity contribution in [3.8, 4) is 22.8 Å². The van der Waals surface area contributed by atoms with Crippen LogP contribution in [0.4, 0.5) is 5.13 Å². The van der Waals surface area contributed by atoms with Crippen LogP contribution in [0.15, 0.2) is 45.3 Å². The number of ether oxygens (including phenoxy) is 1. The summed E-state index contributed by atoms with van der Waals surface area (Å²) >= 11 is 7.92. The van der Waals surface area contributed by atoms with E-state index in [9.17, 15) is 9.90 Å². The lowest BCUT2D eigenvalue weighted by atomic mass is 10.1. The van der Waals surface area contributed by atoms with Gasteiger partial charge < -0.3 is 9.84 Å². The number of rotatable bonds is 4. The van der Waals surface area contributed by atoms with E-state index in [2.05, 4.69) is 42.2 Å². The van der Waals surface area contributed by atoms with Crippen LogP contribution in [-0.2, 0) is 0 Å². The molecule has 0 radical (unpaired) electrons. The van der Waals surface area contributed by atoms with Gasteiger partial charge in [-0.3, -0.25) is 10.1 Å². The van der Waals surface area contributed by atoms with Crippen LogP contribution in [0.25, 0.3) is 11.3 Å². The first-order chi connectivity index (χ1) is 12.4. The number of phenols is 1. The van der Waals surface area contributed by atoms with Gasteiger partial charge in [0.25, 0.3) is 5.91 Å². The Balaban J connectivity index is 1.86. The number of aryl methyl sites for hydroxylation is 1. The minimum atomic E-state index is -0.431. The Morgan fingerprint density at radius 2 is 1.92 bits per heavy atom. The van der Waals surface area contributed by atoms with Gasteiger partial charge >= 0.3 is 0 Å². The third kappa shape index (κ3) is 3.92. The second kappa shape index (κ2) is 7.77. The number of hydrogen-bond acceptors (Lipinski definition) is 5. The number of carbonyl (C=O) groups is 1. The molecule has 3 aromatic rings. The van der Waals surface area contributed by atoms with E-state index in [-0.39, 0.29) is 11.3 Å². The van der Waals surface area contributed by atoms with Crippen LogP contribution in [0.5, 0.6) is 11.5 Å². The highest BCUT2D eigenvalue weighted by atomic mass is 79.9. The van der Waals surface area contributed by atoms with Crippen LogP contribution < -0.4 is 10.1 Å². The maximum atomic E-state index is 12.5. The van der Waals surface area contributed by atoms with Crippen LogP contribution in [-0.4, -0.2) is 23.1 Å². The van der Waals surface area contributed by atoms with Gasteiger partial charge in [0.1, 0.15) is 11.5 Å². The monoisotopic (exact) mass is 496 g/mol. The van der Waals surface area contributed by atoms with Crippen molar-refractivity contribution in [1.82, 2.24) is 4.98 Å². The molecule has 0 atom stereocenters. The molecule has 0 saturated carbocycles. The Labute approximate surface area is 171 Å². The summed E-state index contributed by atoms with van der Waals surface area (Å²) in [6.45, 7) is 1.94. The van der Waals surface area contributed by atoms with Crippen molar-refractivity contribution in [2.45, 2.75) is 6.92 Å². The van der Waals surface area contributed by atoms with E-state index < -0.39 is 5.91 Å². The molecule has 134 valence electrons. The van der Waals surface area contributed by atoms with Crippen molar-refractivity contribution in [2.24, 2.45) is 0 Å². The molecule has 8 heteroatoms. The first-order valence-corrected chi connectivity index (χ1v) is 9.90. The van der Waals surface area contributed by atoms with Crippen molar-refractivity contribution in [1.29, 1.82) is 0 Å². The third-order valence-electron chi connectivity index (χ3n) is 3.65. The van der Waals surface area contributed by atoms with Crippen LogP contribution in [0.3, 0.4) is 0 Å². The molecule has 26 heavy (non-hydrogen) atoms. The Morgan fingerprint density at radius 3 is 2.58 bits per heavy atom. The van der Waals surface area contributed by atoms with Gasteiger partial charge in [0, 0.05) is 14.9 Å². The van der Waals surface area contributed by atoms with E-state index in [1.807, 2.05) is 31.2 Å². The number of nitrogens with one attached hydrogen (secondary N) is 1. The highest BCUT2D eigenvalue weighted by molar-refractivity contribution is 9.11. The molecule has 0 spiro atoms. The molecule has 2 N–H and O–H groups in total. The molecule has 0 saturated heterocycles. The zero-order valence-corrected chi connectivity index (χ0v) is 17.8. The topological polar surface area (TPSA) is 71.5 Å². The summed E-state index contributed by atoms with van der Waals surface area (Å²) < 4.78 is 6.28. The number of phenolic OH excluding ortho intramolecular Hbond substituents is 1. The van der Waals surface area contributed by atoms with E-state index in [1.54, 1.807) is 19.2 Å². The third-order valence-corrected chi connectivity index (χ3v) is 5.60. The summed E-state index contributed by atoms with van der Waals surface area (Å²) in [7, 11) is 1.62. The van der Waals surface area contributed by atoms with Crippen LogP contribution in [0, 0.1) is 6.92 Å². The average molecular weight is 498 g/mol. The molecule has 2 aromatic carbocycles. The molecule has 1 heterocycles. The van der Waals surface area contributed by atoms with Crippen LogP contribution in [0.1, 0.15) is 15.2 Å². The van der Waals surface area contributed by atoms with E-state index in [4.69, 9.17) is 4.74 Å². The lowest BCUT2D eigenvalue weighted by Crippen LogP contribution is -2.12. The number of benzene rings is 2. The van der Waals surface area contributed by atoms with Crippen LogP contribution in [0.2, 0.25) is 0 Å². The Kier molecular flexibility index (Phi) is 5.64. The van der Waals surface area contributed by atoms with Gasteiger partial charge in [0.05, 0.1) is 22.8 Å². The molecule has 0 fully saturated rings. The average Bonchev–Trinajstić information content (AvgIpc) is 2.98. The van der Waals surface area contributed by atoms with Gasteiger partial charge in [-0.1, -0.05) is 15.9 Å². The minimum absolute atomic E-state index is 0.116. The normalized spacial score (nSPS) is 10.6. The summed E-state index contributed by atoms with van der Waals surface area (Å²) in [6, 6.07) is 10.8. The summed E-state index contributed by atoms with van der Waals surface area (Å²) in [5, 5.41) is 13.3. The van der Waals surface area contributed by atoms with Gasteiger partial charge in [-0.2, -0.15) is 0 Å². The number of nitrogens with zero attached hydrogens (tertiary/aromatic N) is 1. The Bertz CT molecular complexity index is 971. The molecule has 3 rings (SSSR count). The fraction of sp³-hybridized carbons (Fsp3) is 0.111. The molecule has 0 unspecified atom stereocenters. The molecule has 5 nitrogen and oxygen atoms in total. The van der Waals surface area contributed by atoms with Gasteiger partial charge in [-0.05, 0) is 59.3 Å². The van der Waals surface area contributed by atoms with Crippen molar-refractivity contribution < 1.29 is 14.6 Å². The zero-order valence-electron chi connectivity index (χ0n) is 13.8. The maximum Gasteiger partial charge on any atom is 0.261 e. The molecule has 0 aliphatic heterocycles. The zero-order chi connectivity index (χ0) is 18.8. The quantitative estimate of drug-likeness (QED) is 0.491. The molecule has 0 bridgehead atoms. The Hall–Kier alpha value is -1.90. The van der Waals surface area contributed by atoms with Gasteiger partial charge in [-0.25, -0.2) is 4.98 Å². The highest BCUT2D eigenvalue weighted by Crippen LogP contribution is 2.34. The maximum absolute atomic E-state index is 12.5. The van der Waals surface area contributed by atoms with Crippen molar-refractivity contribution in [2.75, 3.05) is 12.4 Å². The summed E-state index contributed by atoms with van der Waals surface area (Å²) in [4.78, 5) is 18.0. The van der Waals surface area contributed by atoms with E-state index in [1.165, 1.54) is 11.3 Å². The highest BCUT2D eigenvalue weighted by Gasteiger charge is 2.18. The summed E-state index contributed by atoms with van der Waals surface area (Å²) in [5.41, 5.74) is 1.89. The lowest BCUT2D eigenvalue weighted by Gasteiger charge is -2.07. The van der Waals surface area contributed by atoms with Gasteiger partial charge in [-0.15, -0.1) is 11.3 Å². The van der Waals surface area contributed by atoms with E-state index in [0.29, 0.717) is 14.1 Å². The predicted molar refractivity (Wildman–Crippen MR) is 110 cm³/mol. The minimum Gasteiger partial charge on any atom is -0.506 e. The molecular weight excluding hydrogens is 484 g/mol. The van der Waals surface area contributed by atoms with Gasteiger partial charge in [0.15, 0.2) is 5.13 Å². The Morgan fingerprint density at radius 1 is 1.23 bits per heavy atom. The fourth-order valence-electron chi connectivity index (χ4n) is 2.37. The number of anilines is 1. The number of carbonyl (C=O) groups excluding carboxylic acids is 1. The standard InChI is InChI=1S/C18H14Br2N2O3S/c1-9-15(10-3-5-12(25-2)6-4-10)21-18(26-9)22-17(24)13-7-11(19)8-14(20)16(13)23/h3-8,23H,1-2H3,(H,21,22,24). The first kappa shape index (κ1) is 18.9. The SMILES string of the molecule is COc1ccc(-c2nc(NC(=O)c3cc(Br)cc(Br)c3O)sc2C)cc1. The molecule has 1 aromatic heterocycles. The van der Waals surface area contributed by atoms with Gasteiger partial charge in [0.2, 0.25) is 0 Å². The number of methoxy groups -OCH3 is 1. The molecule has 0 aliphatic rings. The lowest BCUT2D eigenvalue weighted by molar-refractivity contribution is 0.102. The predicted octanol–water partition coefficient (Wildman–Crippen LogP) is 5.61. The smallest absolute Gasteiger partial charge is 0.261 e. The van der Waals surface area contributed by atoms with Crippen LogP contribution >= 0.6 is 43.2 Å². The van der Waals surface area contributed by atoms with E-state index >= 15 is 0 Å². The number of aromatic hydroxyl groups is 1. The van der Waals surface area contributed by atoms with Crippen molar-refractivity contribution in [3.05, 3.63) is 55.8 Å². The number of aromatic nitrogens is 1. The largest absolute Gasteiger partial charge is 0.506 e. The number of halogens is 2. The molecular formula is C18H14Br2N2O3S. The second-order valence-electron chi connectivity index (χ2n) is 5.39. The second-order valence-corrected chi connectivity index (χ2v) is 8.36. The first-order valence-electron chi connectivity index (χ1n) is 7.50. The fourth-order valence-corrected chi connectivity index (χ4v) is 4.43. The molecule has 1 amide bonds. The molecule has 0 aliphatic carbocycles.